The van der Waals surface area contributed by atoms with Gasteiger partial charge in [-0.2, -0.15) is 0 Å². The molecule has 0 radical (unpaired) electrons. The van der Waals surface area contributed by atoms with Crippen LogP contribution in [-0.2, 0) is 16.0 Å². The maximum atomic E-state index is 10.6. The topological polar surface area (TPSA) is 77.0 Å². The van der Waals surface area contributed by atoms with Gasteiger partial charge in [-0.25, -0.2) is 4.79 Å². The summed E-state index contributed by atoms with van der Waals surface area (Å²) in [4.78, 5) is 10.6. The van der Waals surface area contributed by atoms with Crippen molar-refractivity contribution in [2.45, 2.75) is 6.54 Å². The Morgan fingerprint density at radius 1 is 1.19 bits per heavy atom. The summed E-state index contributed by atoms with van der Waals surface area (Å²) in [7, 11) is 1.60. The fourth-order valence-corrected chi connectivity index (χ4v) is 2.32. The Bertz CT molecular complexity index is 765. The van der Waals surface area contributed by atoms with Crippen LogP contribution in [-0.4, -0.2) is 38.3 Å². The molecule has 0 atom stereocenters. The average Bonchev–Trinajstić information content (AvgIpc) is 2.66. The lowest BCUT2D eigenvalue weighted by Crippen LogP contribution is -2.19. The van der Waals surface area contributed by atoms with Crippen molar-refractivity contribution >= 4 is 6.09 Å². The highest BCUT2D eigenvalue weighted by atomic mass is 16.7. The number of methoxy groups -OCH3 is 1. The maximum Gasteiger partial charge on any atom is 0.404 e. The second-order valence-electron chi connectivity index (χ2n) is 5.35. The summed E-state index contributed by atoms with van der Waals surface area (Å²) in [6, 6.07) is 13.1. The summed E-state index contributed by atoms with van der Waals surface area (Å²) < 4.78 is 16.0. The van der Waals surface area contributed by atoms with Crippen molar-refractivity contribution in [1.82, 2.24) is 5.32 Å². The molecule has 0 aliphatic heterocycles. The fraction of sp³-hybridized carbons (Fsp3) is 0.250. The summed E-state index contributed by atoms with van der Waals surface area (Å²) in [5.41, 5.74) is 3.24. The zero-order chi connectivity index (χ0) is 18.8. The molecule has 0 unspecified atom stereocenters. The summed E-state index contributed by atoms with van der Waals surface area (Å²) in [5, 5.41) is 11.0. The second-order valence-corrected chi connectivity index (χ2v) is 5.35. The average molecular weight is 355 g/mol. The third kappa shape index (κ3) is 5.52. The normalized spacial score (nSPS) is 10.2. The number of benzene rings is 2. The molecule has 0 bridgehead atoms. The van der Waals surface area contributed by atoms with E-state index < -0.39 is 6.09 Å². The number of rotatable bonds is 9. The number of carboxylic acid groups (broad SMARTS) is 1. The molecule has 26 heavy (non-hydrogen) atoms. The van der Waals surface area contributed by atoms with Crippen molar-refractivity contribution < 1.29 is 24.1 Å². The molecule has 0 aliphatic carbocycles. The third-order valence-electron chi connectivity index (χ3n) is 3.60. The van der Waals surface area contributed by atoms with Crippen LogP contribution in [0, 0.1) is 12.3 Å². The molecule has 0 fully saturated rings. The molecule has 0 aliphatic rings. The van der Waals surface area contributed by atoms with E-state index in [9.17, 15) is 4.79 Å². The smallest absolute Gasteiger partial charge is 0.404 e. The minimum atomic E-state index is -1.06. The van der Waals surface area contributed by atoms with Gasteiger partial charge >= 0.3 is 6.09 Å². The second kappa shape index (κ2) is 10.1. The van der Waals surface area contributed by atoms with Crippen LogP contribution in [0.4, 0.5) is 4.79 Å². The van der Waals surface area contributed by atoms with Crippen LogP contribution in [0.1, 0.15) is 11.1 Å². The van der Waals surface area contributed by atoms with Gasteiger partial charge in [-0.05, 0) is 17.2 Å². The van der Waals surface area contributed by atoms with Gasteiger partial charge in [-0.1, -0.05) is 42.3 Å². The van der Waals surface area contributed by atoms with E-state index in [-0.39, 0.29) is 13.3 Å². The van der Waals surface area contributed by atoms with Crippen LogP contribution in [0.3, 0.4) is 0 Å². The molecule has 0 saturated heterocycles. The molecule has 2 aromatic carbocycles. The van der Waals surface area contributed by atoms with Crippen LogP contribution in [0.25, 0.3) is 11.1 Å². The lowest BCUT2D eigenvalue weighted by atomic mass is 10.0. The molecular weight excluding hydrogens is 334 g/mol. The van der Waals surface area contributed by atoms with Gasteiger partial charge in [0.05, 0.1) is 18.8 Å². The monoisotopic (exact) mass is 355 g/mol. The molecule has 0 aromatic heterocycles. The summed E-state index contributed by atoms with van der Waals surface area (Å²) in [6.45, 7) is 1.22. The number of nitrogens with one attached hydrogen (secondary N) is 1. The lowest BCUT2D eigenvalue weighted by Gasteiger charge is -2.14. The molecule has 0 spiro atoms. The Labute approximate surface area is 152 Å². The minimum absolute atomic E-state index is 0.0651. The molecule has 6 heteroatoms. The van der Waals surface area contributed by atoms with Crippen molar-refractivity contribution in [3.63, 3.8) is 0 Å². The van der Waals surface area contributed by atoms with Gasteiger partial charge in [0.25, 0.3) is 0 Å². The molecule has 136 valence electrons. The number of amides is 1. The lowest BCUT2D eigenvalue weighted by molar-refractivity contribution is -0.00833. The van der Waals surface area contributed by atoms with Crippen molar-refractivity contribution in [1.29, 1.82) is 0 Å². The van der Waals surface area contributed by atoms with Gasteiger partial charge in [0.1, 0.15) is 5.75 Å². The van der Waals surface area contributed by atoms with E-state index in [1.165, 1.54) is 0 Å². The van der Waals surface area contributed by atoms with Gasteiger partial charge in [0.15, 0.2) is 6.79 Å². The summed E-state index contributed by atoms with van der Waals surface area (Å²) >= 11 is 0. The summed E-state index contributed by atoms with van der Waals surface area (Å²) in [6.07, 6.45) is 4.53. The quantitative estimate of drug-likeness (QED) is 0.411. The molecule has 1 amide bonds. The Balaban J connectivity index is 2.17. The molecule has 6 nitrogen and oxygen atoms in total. The Morgan fingerprint density at radius 3 is 2.62 bits per heavy atom. The third-order valence-corrected chi connectivity index (χ3v) is 3.60. The highest BCUT2D eigenvalue weighted by Gasteiger charge is 2.11. The van der Waals surface area contributed by atoms with E-state index in [1.807, 2.05) is 36.4 Å². The molecular formula is C20H21NO5. The first kappa shape index (κ1) is 19.3. The standard InChI is InChI=1S/C20H21NO5/c1-3-16-5-4-6-18(19(16)26-14-25-12-11-24-2)17-9-7-15(8-10-17)13-21-20(22)23/h1,4-10,21H,11-14H2,2H3,(H,22,23). The number of hydrogen-bond acceptors (Lipinski definition) is 4. The zero-order valence-corrected chi connectivity index (χ0v) is 14.5. The first-order valence-corrected chi connectivity index (χ1v) is 8.01. The largest absolute Gasteiger partial charge is 0.466 e. The molecule has 0 heterocycles. The molecule has 2 N–H and O–H groups in total. The van der Waals surface area contributed by atoms with Crippen molar-refractivity contribution in [2.75, 3.05) is 27.1 Å². The van der Waals surface area contributed by atoms with Gasteiger partial charge in [0, 0.05) is 19.2 Å². The van der Waals surface area contributed by atoms with Gasteiger partial charge in [-0.3, -0.25) is 0 Å². The van der Waals surface area contributed by atoms with Crippen LogP contribution >= 0.6 is 0 Å². The number of terminal acetylenes is 1. The van der Waals surface area contributed by atoms with E-state index in [1.54, 1.807) is 13.2 Å². The minimum Gasteiger partial charge on any atom is -0.466 e. The number of carbonyl (C=O) groups is 1. The van der Waals surface area contributed by atoms with E-state index >= 15 is 0 Å². The van der Waals surface area contributed by atoms with Crippen LogP contribution in [0.15, 0.2) is 42.5 Å². The molecule has 2 rings (SSSR count). The number of hydrogen-bond donors (Lipinski definition) is 2. The predicted molar refractivity (Wildman–Crippen MR) is 98.0 cm³/mol. The molecule has 2 aromatic rings. The van der Waals surface area contributed by atoms with Crippen molar-refractivity contribution in [3.05, 3.63) is 53.6 Å². The Hall–Kier alpha value is -3.01. The Kier molecular flexibility index (Phi) is 7.49. The number of para-hydroxylation sites is 1. The van der Waals surface area contributed by atoms with E-state index in [0.717, 1.165) is 16.7 Å². The SMILES string of the molecule is C#Cc1cccc(-c2ccc(CNC(=O)O)cc2)c1OCOCCOC. The first-order valence-electron chi connectivity index (χ1n) is 8.01. The van der Waals surface area contributed by atoms with Crippen LogP contribution in [0.2, 0.25) is 0 Å². The first-order chi connectivity index (χ1) is 12.7. The van der Waals surface area contributed by atoms with Crippen molar-refractivity contribution in [3.8, 4) is 29.2 Å². The van der Waals surface area contributed by atoms with Gasteiger partial charge in [-0.15, -0.1) is 6.42 Å². The van der Waals surface area contributed by atoms with Gasteiger partial charge < -0.3 is 24.6 Å². The van der Waals surface area contributed by atoms with E-state index in [4.69, 9.17) is 25.7 Å². The molecule has 0 saturated carbocycles. The van der Waals surface area contributed by atoms with Gasteiger partial charge in [0.2, 0.25) is 0 Å². The fourth-order valence-electron chi connectivity index (χ4n) is 2.32. The van der Waals surface area contributed by atoms with Crippen molar-refractivity contribution in [2.24, 2.45) is 0 Å². The van der Waals surface area contributed by atoms with E-state index in [0.29, 0.717) is 24.5 Å². The Morgan fingerprint density at radius 2 is 1.96 bits per heavy atom. The number of ether oxygens (including phenoxy) is 3. The summed E-state index contributed by atoms with van der Waals surface area (Å²) in [5.74, 6) is 3.19. The van der Waals surface area contributed by atoms with E-state index in [2.05, 4.69) is 11.2 Å². The van der Waals surface area contributed by atoms with Crippen LogP contribution in [0.5, 0.6) is 5.75 Å². The highest BCUT2D eigenvalue weighted by Crippen LogP contribution is 2.33. The maximum absolute atomic E-state index is 10.6. The highest BCUT2D eigenvalue weighted by molar-refractivity contribution is 5.74. The zero-order valence-electron chi connectivity index (χ0n) is 14.5. The predicted octanol–water partition coefficient (Wildman–Crippen LogP) is 3.10. The van der Waals surface area contributed by atoms with Crippen LogP contribution < -0.4 is 10.1 Å².